The molecule has 0 saturated carbocycles. The van der Waals surface area contributed by atoms with Crippen LogP contribution in [-0.4, -0.2) is 17.4 Å². The molecule has 0 saturated heterocycles. The monoisotopic (exact) mass is 188 g/mol. The van der Waals surface area contributed by atoms with Crippen molar-refractivity contribution in [1.82, 2.24) is 10.3 Å². The molecule has 72 valence electrons. The van der Waals surface area contributed by atoms with Crippen LogP contribution in [-0.2, 0) is 4.79 Å². The fourth-order valence-corrected chi connectivity index (χ4v) is 0.891. The molecule has 1 aromatic heterocycles. The Morgan fingerprint density at radius 3 is 3.07 bits per heavy atom. The van der Waals surface area contributed by atoms with Gasteiger partial charge in [-0.05, 0) is 18.1 Å². The number of rotatable bonds is 2. The Kier molecular flexibility index (Phi) is 4.22. The van der Waals surface area contributed by atoms with E-state index >= 15 is 0 Å². The van der Waals surface area contributed by atoms with E-state index in [1.807, 2.05) is 18.2 Å². The normalized spacial score (nSPS) is 8.64. The summed E-state index contributed by atoms with van der Waals surface area (Å²) in [5.74, 6) is 5.81. The molecule has 0 aliphatic carbocycles. The van der Waals surface area contributed by atoms with E-state index in [1.54, 1.807) is 6.20 Å². The SMILES string of the molecule is CC(=O)NCCC#Cc1ccccn1. The molecule has 0 spiro atoms. The van der Waals surface area contributed by atoms with Crippen LogP contribution < -0.4 is 5.32 Å². The zero-order valence-electron chi connectivity index (χ0n) is 8.08. The largest absolute Gasteiger partial charge is 0.355 e. The first-order valence-electron chi connectivity index (χ1n) is 4.43. The van der Waals surface area contributed by atoms with E-state index in [2.05, 4.69) is 22.1 Å². The summed E-state index contributed by atoms with van der Waals surface area (Å²) in [5, 5.41) is 2.67. The van der Waals surface area contributed by atoms with Crippen molar-refractivity contribution in [2.45, 2.75) is 13.3 Å². The Hall–Kier alpha value is -1.82. The molecule has 0 aliphatic heterocycles. The molecule has 0 bridgehead atoms. The van der Waals surface area contributed by atoms with Crippen molar-refractivity contribution in [3.63, 3.8) is 0 Å². The third-order valence-electron chi connectivity index (χ3n) is 1.51. The highest BCUT2D eigenvalue weighted by Crippen LogP contribution is 1.89. The summed E-state index contributed by atoms with van der Waals surface area (Å²) in [6.45, 7) is 2.08. The zero-order chi connectivity index (χ0) is 10.2. The van der Waals surface area contributed by atoms with Crippen molar-refractivity contribution in [3.8, 4) is 11.8 Å². The van der Waals surface area contributed by atoms with Gasteiger partial charge in [0, 0.05) is 26.1 Å². The lowest BCUT2D eigenvalue weighted by Crippen LogP contribution is -2.20. The van der Waals surface area contributed by atoms with Crippen molar-refractivity contribution in [2.75, 3.05) is 6.54 Å². The lowest BCUT2D eigenvalue weighted by atomic mass is 10.3. The zero-order valence-corrected chi connectivity index (χ0v) is 8.08. The fourth-order valence-electron chi connectivity index (χ4n) is 0.891. The number of amides is 1. The van der Waals surface area contributed by atoms with E-state index < -0.39 is 0 Å². The van der Waals surface area contributed by atoms with Gasteiger partial charge >= 0.3 is 0 Å². The molecule has 0 radical (unpaired) electrons. The van der Waals surface area contributed by atoms with Crippen molar-refractivity contribution in [2.24, 2.45) is 0 Å². The minimum Gasteiger partial charge on any atom is -0.355 e. The quantitative estimate of drug-likeness (QED) is 0.555. The summed E-state index contributed by atoms with van der Waals surface area (Å²) in [6.07, 6.45) is 2.36. The summed E-state index contributed by atoms with van der Waals surface area (Å²) in [6, 6.07) is 5.60. The van der Waals surface area contributed by atoms with Crippen LogP contribution in [0, 0.1) is 11.8 Å². The molecule has 0 unspecified atom stereocenters. The predicted octanol–water partition coefficient (Wildman–Crippen LogP) is 0.959. The Bertz CT molecular complexity index is 349. The summed E-state index contributed by atoms with van der Waals surface area (Å²) in [5.41, 5.74) is 0.760. The van der Waals surface area contributed by atoms with Gasteiger partial charge in [0.2, 0.25) is 5.91 Å². The smallest absolute Gasteiger partial charge is 0.216 e. The van der Waals surface area contributed by atoms with Gasteiger partial charge in [-0.2, -0.15) is 0 Å². The van der Waals surface area contributed by atoms with Crippen molar-refractivity contribution in [3.05, 3.63) is 30.1 Å². The first-order valence-corrected chi connectivity index (χ1v) is 4.43. The Balaban J connectivity index is 2.31. The van der Waals surface area contributed by atoms with Crippen molar-refractivity contribution >= 4 is 5.91 Å². The van der Waals surface area contributed by atoms with E-state index in [4.69, 9.17) is 0 Å². The predicted molar refractivity (Wildman–Crippen MR) is 54.4 cm³/mol. The van der Waals surface area contributed by atoms with Crippen LogP contribution in [0.15, 0.2) is 24.4 Å². The first-order chi connectivity index (χ1) is 6.79. The molecule has 1 N–H and O–H groups in total. The average Bonchev–Trinajstić information content (AvgIpc) is 2.18. The lowest BCUT2D eigenvalue weighted by molar-refractivity contribution is -0.118. The molecule has 0 aliphatic rings. The van der Waals surface area contributed by atoms with Crippen LogP contribution in [0.2, 0.25) is 0 Å². The average molecular weight is 188 g/mol. The van der Waals surface area contributed by atoms with Crippen LogP contribution in [0.5, 0.6) is 0 Å². The van der Waals surface area contributed by atoms with E-state index in [1.165, 1.54) is 6.92 Å². The van der Waals surface area contributed by atoms with Gasteiger partial charge in [-0.25, -0.2) is 4.98 Å². The van der Waals surface area contributed by atoms with Gasteiger partial charge in [-0.15, -0.1) is 0 Å². The highest BCUT2D eigenvalue weighted by molar-refractivity contribution is 5.72. The molecular formula is C11H12N2O. The minimum absolute atomic E-state index is 0.0235. The molecule has 14 heavy (non-hydrogen) atoms. The van der Waals surface area contributed by atoms with Crippen LogP contribution in [0.4, 0.5) is 0 Å². The first kappa shape index (κ1) is 10.3. The Morgan fingerprint density at radius 1 is 1.57 bits per heavy atom. The van der Waals surface area contributed by atoms with E-state index in [-0.39, 0.29) is 5.91 Å². The number of nitrogens with one attached hydrogen (secondary N) is 1. The molecule has 1 amide bonds. The maximum Gasteiger partial charge on any atom is 0.216 e. The number of carbonyl (C=O) groups excluding carboxylic acids is 1. The molecule has 0 atom stereocenters. The van der Waals surface area contributed by atoms with Gasteiger partial charge in [0.25, 0.3) is 0 Å². The minimum atomic E-state index is -0.0235. The second-order valence-electron chi connectivity index (χ2n) is 2.75. The fraction of sp³-hybridized carbons (Fsp3) is 0.273. The van der Waals surface area contributed by atoms with Gasteiger partial charge < -0.3 is 5.32 Å². The molecule has 3 heteroatoms. The van der Waals surface area contributed by atoms with Gasteiger partial charge in [0.1, 0.15) is 5.69 Å². The van der Waals surface area contributed by atoms with Crippen LogP contribution in [0.1, 0.15) is 19.0 Å². The number of hydrogen-bond donors (Lipinski definition) is 1. The van der Waals surface area contributed by atoms with Crippen LogP contribution in [0.25, 0.3) is 0 Å². The Morgan fingerprint density at radius 2 is 2.43 bits per heavy atom. The number of pyridine rings is 1. The molecule has 3 nitrogen and oxygen atoms in total. The second-order valence-corrected chi connectivity index (χ2v) is 2.75. The van der Waals surface area contributed by atoms with E-state index in [9.17, 15) is 4.79 Å². The second kappa shape index (κ2) is 5.76. The lowest BCUT2D eigenvalue weighted by Gasteiger charge is -1.94. The maximum absolute atomic E-state index is 10.5. The van der Waals surface area contributed by atoms with E-state index in [0.717, 1.165) is 5.69 Å². The highest BCUT2D eigenvalue weighted by atomic mass is 16.1. The van der Waals surface area contributed by atoms with E-state index in [0.29, 0.717) is 13.0 Å². The number of nitrogens with zero attached hydrogens (tertiary/aromatic N) is 1. The summed E-state index contributed by atoms with van der Waals surface area (Å²) in [4.78, 5) is 14.6. The highest BCUT2D eigenvalue weighted by Gasteiger charge is 1.87. The molecule has 0 fully saturated rings. The van der Waals surface area contributed by atoms with Gasteiger partial charge in [0.15, 0.2) is 0 Å². The topological polar surface area (TPSA) is 42.0 Å². The number of hydrogen-bond acceptors (Lipinski definition) is 2. The molecule has 0 aromatic carbocycles. The van der Waals surface area contributed by atoms with Crippen LogP contribution >= 0.6 is 0 Å². The number of aromatic nitrogens is 1. The summed E-state index contributed by atoms with van der Waals surface area (Å²) >= 11 is 0. The van der Waals surface area contributed by atoms with Crippen LogP contribution in [0.3, 0.4) is 0 Å². The van der Waals surface area contributed by atoms with Gasteiger partial charge in [-0.1, -0.05) is 12.0 Å². The van der Waals surface area contributed by atoms with Gasteiger partial charge in [-0.3, -0.25) is 4.79 Å². The molecule has 1 heterocycles. The van der Waals surface area contributed by atoms with Crippen molar-refractivity contribution in [1.29, 1.82) is 0 Å². The van der Waals surface area contributed by atoms with Crippen molar-refractivity contribution < 1.29 is 4.79 Å². The molecule has 1 aromatic rings. The van der Waals surface area contributed by atoms with Gasteiger partial charge in [0.05, 0.1) is 0 Å². The molecular weight excluding hydrogens is 176 g/mol. The third-order valence-corrected chi connectivity index (χ3v) is 1.51. The summed E-state index contributed by atoms with van der Waals surface area (Å²) < 4.78 is 0. The third kappa shape index (κ3) is 4.27. The maximum atomic E-state index is 10.5. The Labute approximate surface area is 83.6 Å². The molecule has 1 rings (SSSR count). The standard InChI is InChI=1S/C11H12N2O/c1-10(14)12-8-4-2-6-11-7-3-5-9-13-11/h3,5,7,9H,4,8H2,1H3,(H,12,14). The summed E-state index contributed by atoms with van der Waals surface area (Å²) in [7, 11) is 0. The number of carbonyl (C=O) groups is 1.